The van der Waals surface area contributed by atoms with E-state index in [1.54, 1.807) is 0 Å². The Hall–Kier alpha value is -0.380. The van der Waals surface area contributed by atoms with Gasteiger partial charge in [-0.2, -0.15) is 0 Å². The van der Waals surface area contributed by atoms with Crippen LogP contribution < -0.4 is 0 Å². The summed E-state index contributed by atoms with van der Waals surface area (Å²) in [6.07, 6.45) is 1.21. The zero-order valence-corrected chi connectivity index (χ0v) is 9.17. The van der Waals surface area contributed by atoms with Gasteiger partial charge in [-0.1, -0.05) is 19.1 Å². The van der Waals surface area contributed by atoms with Crippen LogP contribution in [0.4, 0.5) is 0 Å². The Kier molecular flexibility index (Phi) is 3.72. The fraction of sp³-hybridized carbons (Fsp3) is 0.300. The number of hydrogen-bond donors (Lipinski definition) is 0. The van der Waals surface area contributed by atoms with Crippen LogP contribution in [-0.2, 0) is 11.2 Å². The third-order valence-electron chi connectivity index (χ3n) is 1.71. The summed E-state index contributed by atoms with van der Waals surface area (Å²) < 4.78 is 1.21. The molecular weight excluding hydrogens is 263 g/mol. The number of rotatable bonds is 3. The SMILES string of the molecule is CCC(=O)Cc1ccc(I)cc1. The zero-order chi connectivity index (χ0) is 8.97. The molecule has 0 heterocycles. The van der Waals surface area contributed by atoms with Crippen LogP contribution in [0.1, 0.15) is 18.9 Å². The van der Waals surface area contributed by atoms with Gasteiger partial charge in [0.05, 0.1) is 0 Å². The number of ketones is 1. The number of halogens is 1. The summed E-state index contributed by atoms with van der Waals surface area (Å²) >= 11 is 2.25. The first-order valence-electron chi connectivity index (χ1n) is 3.98. The van der Waals surface area contributed by atoms with Crippen LogP contribution in [-0.4, -0.2) is 5.78 Å². The van der Waals surface area contributed by atoms with E-state index < -0.39 is 0 Å². The molecule has 0 aliphatic carbocycles. The Balaban J connectivity index is 2.64. The fourth-order valence-corrected chi connectivity index (χ4v) is 1.31. The molecule has 0 saturated heterocycles. The number of carbonyl (C=O) groups excluding carboxylic acids is 1. The van der Waals surface area contributed by atoms with E-state index in [1.165, 1.54) is 3.57 Å². The van der Waals surface area contributed by atoms with E-state index in [-0.39, 0.29) is 0 Å². The lowest BCUT2D eigenvalue weighted by molar-refractivity contribution is -0.118. The highest BCUT2D eigenvalue weighted by molar-refractivity contribution is 14.1. The highest BCUT2D eigenvalue weighted by Crippen LogP contribution is 2.07. The van der Waals surface area contributed by atoms with E-state index in [9.17, 15) is 4.79 Å². The van der Waals surface area contributed by atoms with Crippen molar-refractivity contribution in [3.8, 4) is 0 Å². The summed E-state index contributed by atoms with van der Waals surface area (Å²) in [6, 6.07) is 8.07. The van der Waals surface area contributed by atoms with Crippen molar-refractivity contribution in [3.05, 3.63) is 33.4 Å². The van der Waals surface area contributed by atoms with Gasteiger partial charge in [-0.3, -0.25) is 4.79 Å². The normalized spacial score (nSPS) is 9.83. The molecule has 0 fully saturated rings. The second kappa shape index (κ2) is 4.60. The molecule has 1 aromatic rings. The fourth-order valence-electron chi connectivity index (χ4n) is 0.955. The predicted octanol–water partition coefficient (Wildman–Crippen LogP) is 2.81. The molecule has 1 aromatic carbocycles. The lowest BCUT2D eigenvalue weighted by Gasteiger charge is -1.98. The summed E-state index contributed by atoms with van der Waals surface area (Å²) in [5.74, 6) is 0.302. The van der Waals surface area contributed by atoms with Gasteiger partial charge in [0, 0.05) is 16.4 Å². The summed E-state index contributed by atoms with van der Waals surface area (Å²) in [5, 5.41) is 0. The maximum Gasteiger partial charge on any atom is 0.136 e. The van der Waals surface area contributed by atoms with Crippen molar-refractivity contribution in [1.29, 1.82) is 0 Å². The molecule has 0 amide bonds. The first-order valence-corrected chi connectivity index (χ1v) is 5.06. The molecule has 12 heavy (non-hydrogen) atoms. The molecule has 0 N–H and O–H groups in total. The van der Waals surface area contributed by atoms with Gasteiger partial charge in [0.15, 0.2) is 0 Å². The molecule has 0 radical (unpaired) electrons. The van der Waals surface area contributed by atoms with E-state index in [0.717, 1.165) is 5.56 Å². The first-order chi connectivity index (χ1) is 5.72. The molecule has 0 aromatic heterocycles. The number of hydrogen-bond acceptors (Lipinski definition) is 1. The molecule has 0 aliphatic heterocycles. The summed E-state index contributed by atoms with van der Waals surface area (Å²) in [6.45, 7) is 1.90. The second-order valence-corrected chi connectivity index (χ2v) is 3.94. The van der Waals surface area contributed by atoms with Crippen LogP contribution in [0.5, 0.6) is 0 Å². The minimum Gasteiger partial charge on any atom is -0.299 e. The predicted molar refractivity (Wildman–Crippen MR) is 58.2 cm³/mol. The van der Waals surface area contributed by atoms with Crippen molar-refractivity contribution < 1.29 is 4.79 Å². The average molecular weight is 274 g/mol. The maximum atomic E-state index is 11.1. The van der Waals surface area contributed by atoms with Gasteiger partial charge in [-0.05, 0) is 40.3 Å². The van der Waals surface area contributed by atoms with Crippen LogP contribution in [0.3, 0.4) is 0 Å². The largest absolute Gasteiger partial charge is 0.299 e. The molecule has 0 spiro atoms. The van der Waals surface area contributed by atoms with Gasteiger partial charge < -0.3 is 0 Å². The molecule has 0 aliphatic rings. The van der Waals surface area contributed by atoms with Crippen molar-refractivity contribution in [2.24, 2.45) is 0 Å². The molecule has 0 atom stereocenters. The van der Waals surface area contributed by atoms with Gasteiger partial charge in [0.25, 0.3) is 0 Å². The van der Waals surface area contributed by atoms with Crippen molar-refractivity contribution >= 4 is 28.4 Å². The minimum absolute atomic E-state index is 0.302. The summed E-state index contributed by atoms with van der Waals surface area (Å²) in [4.78, 5) is 11.1. The third-order valence-corrected chi connectivity index (χ3v) is 2.43. The lowest BCUT2D eigenvalue weighted by Crippen LogP contribution is -1.99. The van der Waals surface area contributed by atoms with E-state index in [2.05, 4.69) is 22.6 Å². The summed E-state index contributed by atoms with van der Waals surface area (Å²) in [5.41, 5.74) is 1.11. The van der Waals surface area contributed by atoms with Crippen molar-refractivity contribution in [3.63, 3.8) is 0 Å². The van der Waals surface area contributed by atoms with E-state index in [4.69, 9.17) is 0 Å². The van der Waals surface area contributed by atoms with Crippen LogP contribution in [0.15, 0.2) is 24.3 Å². The van der Waals surface area contributed by atoms with E-state index in [0.29, 0.717) is 18.6 Å². The topological polar surface area (TPSA) is 17.1 Å². The first kappa shape index (κ1) is 9.71. The van der Waals surface area contributed by atoms with Gasteiger partial charge in [-0.15, -0.1) is 0 Å². The van der Waals surface area contributed by atoms with Crippen LogP contribution in [0, 0.1) is 3.57 Å². The third kappa shape index (κ3) is 2.93. The van der Waals surface area contributed by atoms with Crippen molar-refractivity contribution in [1.82, 2.24) is 0 Å². The van der Waals surface area contributed by atoms with E-state index in [1.807, 2.05) is 31.2 Å². The van der Waals surface area contributed by atoms with Crippen molar-refractivity contribution in [2.75, 3.05) is 0 Å². The monoisotopic (exact) mass is 274 g/mol. The second-order valence-electron chi connectivity index (χ2n) is 2.70. The molecule has 1 nitrogen and oxygen atoms in total. The Morgan fingerprint density at radius 3 is 2.42 bits per heavy atom. The molecule has 0 unspecified atom stereocenters. The van der Waals surface area contributed by atoms with Gasteiger partial charge in [0.2, 0.25) is 0 Å². The van der Waals surface area contributed by atoms with Gasteiger partial charge in [0.1, 0.15) is 5.78 Å². The molecule has 1 rings (SSSR count). The standard InChI is InChI=1S/C10H11IO/c1-2-10(12)7-8-3-5-9(11)6-4-8/h3-6H,2,7H2,1H3. The smallest absolute Gasteiger partial charge is 0.136 e. The zero-order valence-electron chi connectivity index (χ0n) is 7.01. The van der Waals surface area contributed by atoms with Crippen LogP contribution in [0.25, 0.3) is 0 Å². The highest BCUT2D eigenvalue weighted by Gasteiger charge is 1.99. The van der Waals surface area contributed by atoms with Gasteiger partial charge >= 0.3 is 0 Å². The molecule has 2 heteroatoms. The Morgan fingerprint density at radius 2 is 1.92 bits per heavy atom. The van der Waals surface area contributed by atoms with Crippen LogP contribution >= 0.6 is 22.6 Å². The van der Waals surface area contributed by atoms with Crippen molar-refractivity contribution in [2.45, 2.75) is 19.8 Å². The lowest BCUT2D eigenvalue weighted by atomic mass is 10.1. The molecular formula is C10H11IO. The van der Waals surface area contributed by atoms with Crippen LogP contribution in [0.2, 0.25) is 0 Å². The summed E-state index contributed by atoms with van der Waals surface area (Å²) in [7, 11) is 0. The molecule has 0 bridgehead atoms. The number of carbonyl (C=O) groups is 1. The Labute approximate surface area is 86.3 Å². The maximum absolute atomic E-state index is 11.1. The number of Topliss-reactive ketones (excluding diaryl/α,β-unsaturated/α-hetero) is 1. The Morgan fingerprint density at radius 1 is 1.33 bits per heavy atom. The highest BCUT2D eigenvalue weighted by atomic mass is 127. The van der Waals surface area contributed by atoms with Gasteiger partial charge in [-0.25, -0.2) is 0 Å². The van der Waals surface area contributed by atoms with E-state index >= 15 is 0 Å². The quantitative estimate of drug-likeness (QED) is 0.774. The molecule has 0 saturated carbocycles. The minimum atomic E-state index is 0.302. The molecule has 64 valence electrons. The number of benzene rings is 1. The Bertz CT molecular complexity index is 264. The average Bonchev–Trinajstić information content (AvgIpc) is 2.09.